The quantitative estimate of drug-likeness (QED) is 0.0288. The molecule has 60 heavy (non-hydrogen) atoms. The molecule has 0 radical (unpaired) electrons. The molecule has 0 saturated carbocycles. The molecule has 0 aromatic heterocycles. The van der Waals surface area contributed by atoms with Gasteiger partial charge in [0, 0.05) is 25.5 Å². The van der Waals surface area contributed by atoms with Crippen LogP contribution in [0.15, 0.2) is 46.4 Å². The zero-order valence-electron chi connectivity index (χ0n) is 38.6. The topological polar surface area (TPSA) is 95.8 Å². The largest absolute Gasteiger partial charge is 0.493 e. The van der Waals surface area contributed by atoms with Crippen molar-refractivity contribution in [1.82, 2.24) is 0 Å². The molecule has 0 spiro atoms. The molecule has 0 atom stereocenters. The number of hydrogen-bond donors (Lipinski definition) is 0. The van der Waals surface area contributed by atoms with Crippen molar-refractivity contribution in [2.24, 2.45) is 9.98 Å². The summed E-state index contributed by atoms with van der Waals surface area (Å²) in [7, 11) is 3.07. The van der Waals surface area contributed by atoms with Crippen molar-refractivity contribution in [2.45, 2.75) is 206 Å². The third kappa shape index (κ3) is 27.2. The lowest BCUT2D eigenvalue weighted by Gasteiger charge is -2.11. The van der Waals surface area contributed by atoms with Gasteiger partial charge in [-0.3, -0.25) is 19.6 Å². The Kier molecular flexibility index (Phi) is 32.4. The average molecular weight is 833 g/mol. The minimum atomic E-state index is -0.554. The van der Waals surface area contributed by atoms with Gasteiger partial charge in [-0.2, -0.15) is 0 Å². The number of rotatable bonds is 39. The summed E-state index contributed by atoms with van der Waals surface area (Å²) >= 11 is 0. The monoisotopic (exact) mass is 833 g/mol. The molecular formula is C52H84N2O6. The lowest BCUT2D eigenvalue weighted by atomic mass is 10.0. The number of unbranched alkanes of at least 4 members (excludes halogenated alkanes) is 26. The fourth-order valence-electron chi connectivity index (χ4n) is 7.38. The highest BCUT2D eigenvalue weighted by atomic mass is 16.6. The summed E-state index contributed by atoms with van der Waals surface area (Å²) < 4.78 is 22.0. The Morgan fingerprint density at radius 2 is 0.700 bits per heavy atom. The van der Waals surface area contributed by atoms with Crippen LogP contribution in [-0.4, -0.2) is 51.7 Å². The van der Waals surface area contributed by atoms with E-state index in [1.807, 2.05) is 24.6 Å². The first-order valence-electron chi connectivity index (χ1n) is 24.3. The van der Waals surface area contributed by atoms with Crippen molar-refractivity contribution in [3.8, 4) is 23.0 Å². The van der Waals surface area contributed by atoms with Crippen molar-refractivity contribution in [1.29, 1.82) is 0 Å². The highest BCUT2D eigenvalue weighted by Gasteiger charge is 2.16. The van der Waals surface area contributed by atoms with E-state index in [1.54, 1.807) is 24.3 Å². The predicted octanol–water partition coefficient (Wildman–Crippen LogP) is 14.8. The molecule has 0 heterocycles. The minimum absolute atomic E-state index is 0.142. The van der Waals surface area contributed by atoms with E-state index in [9.17, 15) is 9.59 Å². The molecule has 0 saturated heterocycles. The third-order valence-corrected chi connectivity index (χ3v) is 11.1. The van der Waals surface area contributed by atoms with E-state index >= 15 is 0 Å². The average Bonchev–Trinajstić information content (AvgIpc) is 3.26. The number of carbonyl (C=O) groups excluding carboxylic acids is 2. The van der Waals surface area contributed by atoms with Crippen LogP contribution in [0.4, 0.5) is 0 Å². The molecule has 0 fully saturated rings. The number of nitrogens with zero attached hydrogens (tertiary/aromatic N) is 2. The maximum atomic E-state index is 12.7. The van der Waals surface area contributed by atoms with E-state index < -0.39 is 11.9 Å². The van der Waals surface area contributed by atoms with Gasteiger partial charge in [-0.1, -0.05) is 181 Å². The summed E-state index contributed by atoms with van der Waals surface area (Å²) in [4.78, 5) is 34.5. The van der Waals surface area contributed by atoms with Gasteiger partial charge >= 0.3 is 11.9 Å². The number of esters is 2. The fraction of sp³-hybridized carbons (Fsp3) is 0.692. The van der Waals surface area contributed by atoms with Gasteiger partial charge in [0.25, 0.3) is 0 Å². The summed E-state index contributed by atoms with van der Waals surface area (Å²) in [5.41, 5.74) is 1.74. The normalized spacial score (nSPS) is 11.5. The molecule has 0 amide bonds. The first kappa shape index (κ1) is 52.5. The van der Waals surface area contributed by atoms with Gasteiger partial charge in [-0.15, -0.1) is 0 Å². The van der Waals surface area contributed by atoms with E-state index in [2.05, 4.69) is 23.8 Å². The van der Waals surface area contributed by atoms with Crippen molar-refractivity contribution < 1.29 is 28.5 Å². The van der Waals surface area contributed by atoms with Crippen LogP contribution in [0.25, 0.3) is 0 Å². The van der Waals surface area contributed by atoms with Crippen molar-refractivity contribution in [3.05, 3.63) is 47.5 Å². The number of ether oxygens (including phenoxy) is 4. The standard InChI is InChI=1S/C52H84N2O6/c1-5-7-9-11-13-15-17-19-21-23-25-27-29-31-39-53-43-45-33-35-47(49(41-45)57-3)59-51(55)37-38-52(56)60-48-36-34-46(42-50(48)58-4)44-54-40-32-30-28-26-24-22-20-18-16-14-12-10-8-6-2/h33-36,41-44H,5-32,37-40H2,1-4H3. The zero-order chi connectivity index (χ0) is 43.1. The van der Waals surface area contributed by atoms with E-state index in [-0.39, 0.29) is 12.8 Å². The number of methoxy groups -OCH3 is 2. The van der Waals surface area contributed by atoms with Gasteiger partial charge in [0.2, 0.25) is 0 Å². The molecule has 8 heteroatoms. The molecule has 2 rings (SSSR count). The molecule has 0 bridgehead atoms. The lowest BCUT2D eigenvalue weighted by Crippen LogP contribution is -2.14. The molecule has 0 aliphatic rings. The summed E-state index contributed by atoms with van der Waals surface area (Å²) in [6.07, 6.45) is 40.8. The van der Waals surface area contributed by atoms with Crippen LogP contribution >= 0.6 is 0 Å². The number of benzene rings is 2. The lowest BCUT2D eigenvalue weighted by molar-refractivity contribution is -0.140. The molecule has 2 aromatic rings. The van der Waals surface area contributed by atoms with Crippen LogP contribution in [-0.2, 0) is 9.59 Å². The van der Waals surface area contributed by atoms with E-state index in [0.29, 0.717) is 23.0 Å². The Balaban J connectivity index is 1.59. The second-order valence-electron chi connectivity index (χ2n) is 16.5. The van der Waals surface area contributed by atoms with E-state index in [1.165, 1.54) is 181 Å². The Morgan fingerprint density at radius 1 is 0.417 bits per heavy atom. The first-order valence-corrected chi connectivity index (χ1v) is 24.3. The molecule has 2 aromatic carbocycles. The van der Waals surface area contributed by atoms with Gasteiger partial charge in [0.1, 0.15) is 0 Å². The summed E-state index contributed by atoms with van der Waals surface area (Å²) in [5, 5.41) is 0. The first-order chi connectivity index (χ1) is 29.5. The Hall–Kier alpha value is -3.68. The number of carbonyl (C=O) groups is 2. The summed E-state index contributed by atoms with van der Waals surface area (Å²) in [5.74, 6) is 0.341. The molecule has 8 nitrogen and oxygen atoms in total. The van der Waals surface area contributed by atoms with Gasteiger partial charge in [-0.05, 0) is 60.4 Å². The van der Waals surface area contributed by atoms with Crippen molar-refractivity contribution in [3.63, 3.8) is 0 Å². The van der Waals surface area contributed by atoms with Gasteiger partial charge in [-0.25, -0.2) is 0 Å². The van der Waals surface area contributed by atoms with E-state index in [4.69, 9.17) is 18.9 Å². The predicted molar refractivity (Wildman–Crippen MR) is 252 cm³/mol. The molecular weight excluding hydrogens is 749 g/mol. The maximum Gasteiger partial charge on any atom is 0.311 e. The van der Waals surface area contributed by atoms with E-state index in [0.717, 1.165) is 37.1 Å². The maximum absolute atomic E-state index is 12.7. The number of aliphatic imine (C=N–C) groups is 2. The highest BCUT2D eigenvalue weighted by molar-refractivity contribution is 5.84. The van der Waals surface area contributed by atoms with Gasteiger partial charge in [0.15, 0.2) is 23.0 Å². The molecule has 0 unspecified atom stereocenters. The fourth-order valence-corrected chi connectivity index (χ4v) is 7.38. The Bertz CT molecular complexity index is 1330. The van der Waals surface area contributed by atoms with Crippen LogP contribution in [0, 0.1) is 0 Å². The molecule has 0 N–H and O–H groups in total. The minimum Gasteiger partial charge on any atom is -0.493 e. The second kappa shape index (κ2) is 37.1. The highest BCUT2D eigenvalue weighted by Crippen LogP contribution is 2.30. The summed E-state index contributed by atoms with van der Waals surface area (Å²) in [6.45, 7) is 6.13. The zero-order valence-corrected chi connectivity index (χ0v) is 38.6. The van der Waals surface area contributed by atoms with Crippen LogP contribution in [0.2, 0.25) is 0 Å². The Labute approximate surface area is 366 Å². The SMILES string of the molecule is CCCCCCCCCCCCCCCCN=Cc1ccc(OC(=O)CCC(=O)Oc2ccc(C=NCCCCCCCCCCCCCCCC)cc2OC)c(OC)c1. The van der Waals surface area contributed by atoms with Crippen LogP contribution in [0.3, 0.4) is 0 Å². The van der Waals surface area contributed by atoms with Crippen LogP contribution in [0.5, 0.6) is 23.0 Å². The van der Waals surface area contributed by atoms with Gasteiger partial charge < -0.3 is 18.9 Å². The smallest absolute Gasteiger partial charge is 0.311 e. The summed E-state index contributed by atoms with van der Waals surface area (Å²) in [6, 6.07) is 10.7. The Morgan fingerprint density at radius 3 is 0.983 bits per heavy atom. The van der Waals surface area contributed by atoms with Crippen molar-refractivity contribution >= 4 is 24.4 Å². The van der Waals surface area contributed by atoms with Crippen LogP contribution < -0.4 is 18.9 Å². The third-order valence-electron chi connectivity index (χ3n) is 11.1. The second-order valence-corrected chi connectivity index (χ2v) is 16.5. The van der Waals surface area contributed by atoms with Gasteiger partial charge in [0.05, 0.1) is 27.1 Å². The molecule has 0 aliphatic carbocycles. The molecule has 0 aliphatic heterocycles. The molecule has 338 valence electrons. The number of hydrogen-bond acceptors (Lipinski definition) is 8. The van der Waals surface area contributed by atoms with Crippen LogP contribution in [0.1, 0.15) is 218 Å². The van der Waals surface area contributed by atoms with Crippen molar-refractivity contribution in [2.75, 3.05) is 27.3 Å².